The molecular weight excluding hydrogens is 460 g/mol. The molecule has 1 aliphatic heterocycles. The average molecular weight is 481 g/mol. The second-order valence-electron chi connectivity index (χ2n) is 7.57. The summed E-state index contributed by atoms with van der Waals surface area (Å²) in [4.78, 5) is 33.5. The molecule has 172 valence electrons. The van der Waals surface area contributed by atoms with E-state index in [-0.39, 0.29) is 11.7 Å². The number of hydrogen-bond donors (Lipinski definition) is 3. The van der Waals surface area contributed by atoms with Gasteiger partial charge in [-0.3, -0.25) is 9.69 Å². The van der Waals surface area contributed by atoms with E-state index in [1.807, 2.05) is 30.4 Å². The number of aromatic nitrogens is 1. The topological polar surface area (TPSA) is 94.6 Å². The first-order valence-electron chi connectivity index (χ1n) is 10.8. The van der Waals surface area contributed by atoms with Crippen LogP contribution in [0.1, 0.15) is 9.67 Å². The molecule has 3 heterocycles. The molecule has 0 spiro atoms. The van der Waals surface area contributed by atoms with Crippen LogP contribution in [0.15, 0.2) is 109 Å². The summed E-state index contributed by atoms with van der Waals surface area (Å²) in [5, 5.41) is 16.3. The first-order valence-corrected chi connectivity index (χ1v) is 11.6. The number of thiophene rings is 1. The van der Waals surface area contributed by atoms with Crippen molar-refractivity contribution in [1.82, 2.24) is 10.3 Å². The van der Waals surface area contributed by atoms with E-state index in [4.69, 9.17) is 0 Å². The zero-order chi connectivity index (χ0) is 24.2. The lowest BCUT2D eigenvalue weighted by molar-refractivity contribution is 0.0972. The van der Waals surface area contributed by atoms with E-state index in [2.05, 4.69) is 15.6 Å². The van der Waals surface area contributed by atoms with Gasteiger partial charge in [-0.25, -0.2) is 9.78 Å². The fourth-order valence-corrected chi connectivity index (χ4v) is 4.73. The number of urea groups is 1. The van der Waals surface area contributed by atoms with Crippen molar-refractivity contribution < 1.29 is 14.7 Å². The number of nitrogens with zero attached hydrogens (tertiary/aromatic N) is 2. The molecule has 0 atom stereocenters. The SMILES string of the molecule is O=C(NC1=C/C=C\C=C/C=C\1)c1sc2nccc3c2c1NC(=O)N3c1cccccc(O)ccc1. The molecule has 35 heavy (non-hydrogen) atoms. The van der Waals surface area contributed by atoms with Crippen molar-refractivity contribution in [1.29, 1.82) is 0 Å². The Balaban J connectivity index is 1.58. The summed E-state index contributed by atoms with van der Waals surface area (Å²) in [6.07, 6.45) is 14.5. The molecule has 0 unspecified atom stereocenters. The molecule has 0 saturated heterocycles. The molecule has 7 nitrogen and oxygen atoms in total. The lowest BCUT2D eigenvalue weighted by Gasteiger charge is -2.28. The fourth-order valence-electron chi connectivity index (χ4n) is 3.72. The minimum Gasteiger partial charge on any atom is -0.508 e. The van der Waals surface area contributed by atoms with Crippen molar-refractivity contribution in [2.24, 2.45) is 0 Å². The van der Waals surface area contributed by atoms with E-state index in [1.165, 1.54) is 22.3 Å². The number of anilines is 3. The maximum absolute atomic E-state index is 13.3. The van der Waals surface area contributed by atoms with Crippen molar-refractivity contribution in [2.45, 2.75) is 0 Å². The van der Waals surface area contributed by atoms with Gasteiger partial charge in [-0.2, -0.15) is 0 Å². The van der Waals surface area contributed by atoms with Crippen LogP contribution in [0.25, 0.3) is 10.2 Å². The first kappa shape index (κ1) is 22.1. The number of carbonyl (C=O) groups excluding carboxylic acids is 2. The Morgan fingerprint density at radius 1 is 0.971 bits per heavy atom. The van der Waals surface area contributed by atoms with Crippen molar-refractivity contribution >= 4 is 50.6 Å². The molecule has 2 aliphatic rings. The third kappa shape index (κ3) is 4.55. The third-order valence-corrected chi connectivity index (χ3v) is 6.35. The predicted molar refractivity (Wildman–Crippen MR) is 139 cm³/mol. The highest BCUT2D eigenvalue weighted by atomic mass is 32.1. The van der Waals surface area contributed by atoms with Crippen LogP contribution in [-0.2, 0) is 0 Å². The first-order chi connectivity index (χ1) is 17.1. The number of carbonyl (C=O) groups is 2. The molecule has 5 rings (SSSR count). The van der Waals surface area contributed by atoms with Crippen molar-refractivity contribution in [3.8, 4) is 5.75 Å². The second kappa shape index (κ2) is 9.66. The van der Waals surface area contributed by atoms with Crippen LogP contribution in [-0.4, -0.2) is 22.0 Å². The summed E-state index contributed by atoms with van der Waals surface area (Å²) in [5.41, 5.74) is 2.27. The number of rotatable bonds is 3. The zero-order valence-electron chi connectivity index (χ0n) is 18.4. The smallest absolute Gasteiger partial charge is 0.331 e. The molecule has 3 N–H and O–H groups in total. The summed E-state index contributed by atoms with van der Waals surface area (Å²) in [5.74, 6) is -0.234. The van der Waals surface area contributed by atoms with Crippen LogP contribution in [0.4, 0.5) is 21.9 Å². The summed E-state index contributed by atoms with van der Waals surface area (Å²) in [6.45, 7) is 0. The van der Waals surface area contributed by atoms with Crippen molar-refractivity contribution in [3.63, 3.8) is 0 Å². The number of aromatic hydroxyl groups is 1. The van der Waals surface area contributed by atoms with Crippen LogP contribution >= 0.6 is 11.3 Å². The highest BCUT2D eigenvalue weighted by Gasteiger charge is 2.32. The van der Waals surface area contributed by atoms with Crippen molar-refractivity contribution in [3.05, 3.63) is 114 Å². The summed E-state index contributed by atoms with van der Waals surface area (Å²) in [7, 11) is 0. The Labute approximate surface area is 205 Å². The summed E-state index contributed by atoms with van der Waals surface area (Å²) in [6, 6.07) is 14.9. The van der Waals surface area contributed by atoms with Crippen molar-refractivity contribution in [2.75, 3.05) is 10.2 Å². The fraction of sp³-hybridized carbons (Fsp3) is 0. The molecule has 3 aromatic rings. The Morgan fingerprint density at radius 3 is 2.66 bits per heavy atom. The minimum absolute atomic E-state index is 0.0955. The van der Waals surface area contributed by atoms with Gasteiger partial charge < -0.3 is 15.7 Å². The normalized spacial score (nSPS) is 18.2. The average Bonchev–Trinajstić information content (AvgIpc) is 3.19. The van der Waals surface area contributed by atoms with Gasteiger partial charge in [-0.15, -0.1) is 11.3 Å². The Kier molecular flexibility index (Phi) is 6.11. The molecular formula is C27H20N4O3S. The lowest BCUT2D eigenvalue weighted by atomic mass is 10.1. The maximum atomic E-state index is 13.3. The molecule has 0 fully saturated rings. The molecule has 1 aliphatic carbocycles. The number of amides is 3. The van der Waals surface area contributed by atoms with E-state index in [9.17, 15) is 14.7 Å². The molecule has 8 heteroatoms. The molecule has 2 aromatic heterocycles. The minimum atomic E-state index is -0.402. The number of hydrogen-bond acceptors (Lipinski definition) is 5. The number of nitrogens with one attached hydrogen (secondary N) is 2. The van der Waals surface area contributed by atoms with E-state index < -0.39 is 6.03 Å². The molecule has 0 bridgehead atoms. The van der Waals surface area contributed by atoms with Gasteiger partial charge in [0.05, 0.1) is 22.4 Å². The number of allylic oxidation sites excluding steroid dienone is 7. The highest BCUT2D eigenvalue weighted by molar-refractivity contribution is 7.21. The molecule has 0 radical (unpaired) electrons. The van der Waals surface area contributed by atoms with Crippen LogP contribution in [0, 0.1) is 0 Å². The predicted octanol–water partition coefficient (Wildman–Crippen LogP) is 6.11. The van der Waals surface area contributed by atoms with E-state index in [0.717, 1.165) is 0 Å². The largest absolute Gasteiger partial charge is 0.508 e. The third-order valence-electron chi connectivity index (χ3n) is 5.25. The van der Waals surface area contributed by atoms with Gasteiger partial charge in [0.15, 0.2) is 0 Å². The molecule has 3 amide bonds. The Morgan fingerprint density at radius 2 is 1.74 bits per heavy atom. The standard InChI is InChI=1S/C27H20N4O3S/c32-20-14-8-4-7-12-19(13-9-15-20)31-21-16-17-28-26-22(21)23(30-27(31)34)24(35-26)25(33)29-18-10-5-2-1-3-6-11-18/h1-17,32H,(H,29,33)(H,30,34)/b2-1-,3-1?,5-2?,6-3-,7-4?,8-4?,10-5-,11-6?,12-7?,13-9?,14-8?,15-9?,18-10?,18-11+,19-12?,19-13?,20-14?,20-15?. The van der Waals surface area contributed by atoms with Gasteiger partial charge in [0, 0.05) is 11.9 Å². The highest BCUT2D eigenvalue weighted by Crippen LogP contribution is 2.45. The van der Waals surface area contributed by atoms with Gasteiger partial charge in [0.2, 0.25) is 0 Å². The van der Waals surface area contributed by atoms with Crippen LogP contribution in [0.5, 0.6) is 5.75 Å². The zero-order valence-corrected chi connectivity index (χ0v) is 19.2. The van der Waals surface area contributed by atoms with Gasteiger partial charge >= 0.3 is 6.03 Å². The van der Waals surface area contributed by atoms with Crippen LogP contribution in [0.3, 0.4) is 0 Å². The van der Waals surface area contributed by atoms with Gasteiger partial charge in [0.25, 0.3) is 5.91 Å². The maximum Gasteiger partial charge on any atom is 0.331 e. The quantitative estimate of drug-likeness (QED) is 0.422. The van der Waals surface area contributed by atoms with Gasteiger partial charge in [-0.1, -0.05) is 54.6 Å². The molecule has 1 aromatic carbocycles. The summed E-state index contributed by atoms with van der Waals surface area (Å²) < 4.78 is 0. The second-order valence-corrected chi connectivity index (χ2v) is 8.57. The van der Waals surface area contributed by atoms with Crippen LogP contribution in [0.2, 0.25) is 0 Å². The Hall–Kier alpha value is -4.69. The monoisotopic (exact) mass is 480 g/mol. The lowest BCUT2D eigenvalue weighted by Crippen LogP contribution is -2.34. The van der Waals surface area contributed by atoms with E-state index >= 15 is 0 Å². The molecule has 0 saturated carbocycles. The van der Waals surface area contributed by atoms with Crippen LogP contribution < -0.4 is 15.5 Å². The van der Waals surface area contributed by atoms with E-state index in [0.29, 0.717) is 37.9 Å². The number of pyridine rings is 1. The summed E-state index contributed by atoms with van der Waals surface area (Å²) >= 11 is 1.22. The Bertz CT molecular complexity index is 1520. The van der Waals surface area contributed by atoms with Gasteiger partial charge in [0.1, 0.15) is 15.5 Å². The van der Waals surface area contributed by atoms with Gasteiger partial charge in [-0.05, 0) is 42.5 Å². The van der Waals surface area contributed by atoms with E-state index in [1.54, 1.807) is 66.9 Å².